The molecule has 170 valence electrons. The van der Waals surface area contributed by atoms with Gasteiger partial charge >= 0.3 is 0 Å². The Morgan fingerprint density at radius 2 is 1.45 bits per heavy atom. The number of aryl methyl sites for hydroxylation is 1. The van der Waals surface area contributed by atoms with Gasteiger partial charge in [0.05, 0.1) is 20.6 Å². The monoisotopic (exact) mass is 445 g/mol. The van der Waals surface area contributed by atoms with Gasteiger partial charge in [-0.25, -0.2) is 0 Å². The smallest absolute Gasteiger partial charge is 0.255 e. The van der Waals surface area contributed by atoms with Crippen LogP contribution in [-0.4, -0.2) is 31.7 Å². The molecule has 0 spiro atoms. The highest BCUT2D eigenvalue weighted by Gasteiger charge is 2.13. The van der Waals surface area contributed by atoms with Crippen LogP contribution in [0.5, 0.6) is 11.5 Å². The number of Topliss-reactive ketones (excluding diaryl/α,β-unsaturated/α-hetero) is 2. The topological polar surface area (TPSA) is 81.7 Å². The molecular weight excluding hydrogens is 418 g/mol. The average Bonchev–Trinajstić information content (AvgIpc) is 2.84. The summed E-state index contributed by atoms with van der Waals surface area (Å²) >= 11 is 0. The van der Waals surface area contributed by atoms with Crippen molar-refractivity contribution >= 4 is 23.2 Å². The Hall–Kier alpha value is -3.93. The lowest BCUT2D eigenvalue weighted by Gasteiger charge is -2.08. The molecular formula is C27H27NO5. The highest BCUT2D eigenvalue weighted by Crippen LogP contribution is 2.18. The van der Waals surface area contributed by atoms with Gasteiger partial charge in [-0.15, -0.1) is 0 Å². The summed E-state index contributed by atoms with van der Waals surface area (Å²) in [6.45, 7) is 0. The first-order valence-electron chi connectivity index (χ1n) is 10.7. The van der Waals surface area contributed by atoms with Crippen LogP contribution in [0.3, 0.4) is 0 Å². The molecule has 0 aromatic heterocycles. The molecule has 1 N–H and O–H groups in total. The summed E-state index contributed by atoms with van der Waals surface area (Å²) in [6.07, 6.45) is 1.65. The van der Waals surface area contributed by atoms with Crippen LogP contribution in [0.1, 0.15) is 45.5 Å². The van der Waals surface area contributed by atoms with Crippen LogP contribution >= 0.6 is 0 Å². The van der Waals surface area contributed by atoms with Crippen LogP contribution < -0.4 is 14.8 Å². The van der Waals surface area contributed by atoms with Gasteiger partial charge in [0.25, 0.3) is 5.91 Å². The Kier molecular flexibility index (Phi) is 8.36. The number of ketones is 2. The number of methoxy groups -OCH3 is 2. The van der Waals surface area contributed by atoms with Crippen molar-refractivity contribution in [2.75, 3.05) is 19.5 Å². The van der Waals surface area contributed by atoms with Crippen molar-refractivity contribution in [1.82, 2.24) is 0 Å². The zero-order valence-corrected chi connectivity index (χ0v) is 18.8. The van der Waals surface area contributed by atoms with Crippen LogP contribution in [0.15, 0.2) is 72.8 Å². The number of ether oxygens (including phenoxy) is 2. The van der Waals surface area contributed by atoms with Crippen molar-refractivity contribution in [3.8, 4) is 11.5 Å². The average molecular weight is 446 g/mol. The predicted octanol–water partition coefficient (Wildman–Crippen LogP) is 5.12. The molecule has 0 aliphatic heterocycles. The second kappa shape index (κ2) is 11.6. The number of amides is 1. The van der Waals surface area contributed by atoms with Gasteiger partial charge in [-0.05, 0) is 54.8 Å². The Balaban J connectivity index is 1.47. The van der Waals surface area contributed by atoms with E-state index < -0.39 is 0 Å². The Morgan fingerprint density at radius 1 is 0.788 bits per heavy atom. The number of nitrogens with one attached hydrogen (secondary N) is 1. The SMILES string of the molecule is COc1ccc(CCCC(=O)CC(=O)c2ccc(C(=O)Nc3cccc(OC)c3)cc2)cc1. The molecule has 6 nitrogen and oxygen atoms in total. The van der Waals surface area contributed by atoms with E-state index in [1.165, 1.54) is 0 Å². The third kappa shape index (κ3) is 7.04. The lowest BCUT2D eigenvalue weighted by atomic mass is 10.0. The van der Waals surface area contributed by atoms with E-state index >= 15 is 0 Å². The molecule has 3 aromatic rings. The molecule has 6 heteroatoms. The molecule has 0 unspecified atom stereocenters. The van der Waals surface area contributed by atoms with Gasteiger partial charge < -0.3 is 14.8 Å². The maximum Gasteiger partial charge on any atom is 0.255 e. The number of hydrogen-bond acceptors (Lipinski definition) is 5. The molecule has 0 bridgehead atoms. The van der Waals surface area contributed by atoms with Gasteiger partial charge in [-0.2, -0.15) is 0 Å². The first-order chi connectivity index (χ1) is 16.0. The number of benzene rings is 3. The fraction of sp³-hybridized carbons (Fsp3) is 0.222. The highest BCUT2D eigenvalue weighted by molar-refractivity contribution is 6.09. The standard InChI is InChI=1S/C27H27NO5/c1-32-24-15-9-19(10-16-24)5-3-7-23(29)18-26(30)20-11-13-21(14-12-20)27(31)28-22-6-4-8-25(17-22)33-2/h4,6,8-17H,3,5,7,18H2,1-2H3,(H,28,31). The number of carbonyl (C=O) groups is 3. The predicted molar refractivity (Wildman–Crippen MR) is 127 cm³/mol. The van der Waals surface area contributed by atoms with Crippen LogP contribution in [0.25, 0.3) is 0 Å². The molecule has 3 rings (SSSR count). The fourth-order valence-electron chi connectivity index (χ4n) is 3.36. The molecule has 3 aromatic carbocycles. The third-order valence-electron chi connectivity index (χ3n) is 5.23. The van der Waals surface area contributed by atoms with Crippen LogP contribution in [-0.2, 0) is 11.2 Å². The molecule has 0 aliphatic rings. The van der Waals surface area contributed by atoms with Gasteiger partial charge in [-0.1, -0.05) is 30.3 Å². The molecule has 0 fully saturated rings. The third-order valence-corrected chi connectivity index (χ3v) is 5.23. The summed E-state index contributed by atoms with van der Waals surface area (Å²) in [5.41, 5.74) is 2.56. The number of carbonyl (C=O) groups excluding carboxylic acids is 3. The second-order valence-corrected chi connectivity index (χ2v) is 7.60. The maximum absolute atomic E-state index is 12.5. The van der Waals surface area contributed by atoms with E-state index in [0.29, 0.717) is 35.4 Å². The summed E-state index contributed by atoms with van der Waals surface area (Å²) in [6, 6.07) is 21.1. The van der Waals surface area contributed by atoms with E-state index in [0.717, 1.165) is 17.7 Å². The van der Waals surface area contributed by atoms with E-state index in [9.17, 15) is 14.4 Å². The highest BCUT2D eigenvalue weighted by atomic mass is 16.5. The molecule has 0 aliphatic carbocycles. The van der Waals surface area contributed by atoms with Gasteiger partial charge in [-0.3, -0.25) is 14.4 Å². The van der Waals surface area contributed by atoms with E-state index in [-0.39, 0.29) is 23.9 Å². The quantitative estimate of drug-likeness (QED) is 0.327. The Bertz CT molecular complexity index is 1100. The van der Waals surface area contributed by atoms with Gasteiger partial charge in [0.15, 0.2) is 5.78 Å². The zero-order valence-electron chi connectivity index (χ0n) is 18.8. The van der Waals surface area contributed by atoms with E-state index in [1.807, 2.05) is 24.3 Å². The molecule has 0 saturated carbocycles. The van der Waals surface area contributed by atoms with Crippen LogP contribution in [0, 0.1) is 0 Å². The number of hydrogen-bond donors (Lipinski definition) is 1. The first-order valence-corrected chi connectivity index (χ1v) is 10.7. The van der Waals surface area contributed by atoms with Gasteiger partial charge in [0.1, 0.15) is 17.3 Å². The van der Waals surface area contributed by atoms with Gasteiger partial charge in [0.2, 0.25) is 0 Å². The summed E-state index contributed by atoms with van der Waals surface area (Å²) in [7, 11) is 3.18. The largest absolute Gasteiger partial charge is 0.497 e. The maximum atomic E-state index is 12.5. The normalized spacial score (nSPS) is 10.4. The second-order valence-electron chi connectivity index (χ2n) is 7.60. The number of rotatable bonds is 11. The summed E-state index contributed by atoms with van der Waals surface area (Å²) in [5.74, 6) is 0.807. The van der Waals surface area contributed by atoms with Crippen molar-refractivity contribution in [3.63, 3.8) is 0 Å². The van der Waals surface area contributed by atoms with Crippen molar-refractivity contribution in [3.05, 3.63) is 89.5 Å². The number of anilines is 1. The van der Waals surface area contributed by atoms with E-state index in [2.05, 4.69) is 5.32 Å². The molecule has 0 saturated heterocycles. The fourth-order valence-corrected chi connectivity index (χ4v) is 3.36. The minimum absolute atomic E-state index is 0.0895. The molecule has 0 radical (unpaired) electrons. The summed E-state index contributed by atoms with van der Waals surface area (Å²) in [4.78, 5) is 37.1. The minimum atomic E-state index is -0.295. The minimum Gasteiger partial charge on any atom is -0.497 e. The molecule has 0 heterocycles. The lowest BCUT2D eigenvalue weighted by molar-refractivity contribution is -0.118. The lowest BCUT2D eigenvalue weighted by Crippen LogP contribution is -2.13. The summed E-state index contributed by atoms with van der Waals surface area (Å²) < 4.78 is 10.3. The summed E-state index contributed by atoms with van der Waals surface area (Å²) in [5, 5.41) is 2.79. The zero-order chi connectivity index (χ0) is 23.6. The van der Waals surface area contributed by atoms with Crippen molar-refractivity contribution in [1.29, 1.82) is 0 Å². The van der Waals surface area contributed by atoms with Crippen molar-refractivity contribution < 1.29 is 23.9 Å². The van der Waals surface area contributed by atoms with E-state index in [1.54, 1.807) is 62.8 Å². The molecule has 33 heavy (non-hydrogen) atoms. The van der Waals surface area contributed by atoms with Crippen molar-refractivity contribution in [2.24, 2.45) is 0 Å². The Morgan fingerprint density at radius 3 is 2.12 bits per heavy atom. The van der Waals surface area contributed by atoms with Crippen LogP contribution in [0.4, 0.5) is 5.69 Å². The Labute approximate surface area is 193 Å². The molecule has 1 amide bonds. The van der Waals surface area contributed by atoms with Crippen molar-refractivity contribution in [2.45, 2.75) is 25.7 Å². The van der Waals surface area contributed by atoms with Gasteiger partial charge in [0, 0.05) is 29.3 Å². The van der Waals surface area contributed by atoms with Crippen LogP contribution in [0.2, 0.25) is 0 Å². The first kappa shape index (κ1) is 23.7. The molecule has 0 atom stereocenters. The van der Waals surface area contributed by atoms with E-state index in [4.69, 9.17) is 9.47 Å².